The number of carbonyl (C=O) groups excluding carboxylic acids is 1. The summed E-state index contributed by atoms with van der Waals surface area (Å²) in [5.74, 6) is -0.347. The minimum atomic E-state index is -0.602. The lowest BCUT2D eigenvalue weighted by molar-refractivity contribution is 0.0956. The highest BCUT2D eigenvalue weighted by molar-refractivity contribution is 6.06. The Balaban J connectivity index is 2.02. The highest BCUT2D eigenvalue weighted by Gasteiger charge is 2.24. The summed E-state index contributed by atoms with van der Waals surface area (Å²) >= 11 is 0. The number of anilines is 1. The van der Waals surface area contributed by atoms with Crippen molar-refractivity contribution in [2.75, 3.05) is 25.5 Å². The summed E-state index contributed by atoms with van der Waals surface area (Å²) in [5.41, 5.74) is 2.58. The summed E-state index contributed by atoms with van der Waals surface area (Å²) in [6, 6.07) is 10.6. The van der Waals surface area contributed by atoms with Crippen molar-refractivity contribution in [3.8, 4) is 17.5 Å². The SMILES string of the molecule is CN(C)c1ccc(-c2nc3cccc4c3n2CCNC4=O)c(F)c1C#N. The second-order valence-corrected chi connectivity index (χ2v) is 6.34. The highest BCUT2D eigenvalue weighted by atomic mass is 19.1. The molecule has 0 saturated heterocycles. The summed E-state index contributed by atoms with van der Waals surface area (Å²) in [4.78, 5) is 18.5. The zero-order valence-electron chi connectivity index (χ0n) is 14.4. The van der Waals surface area contributed by atoms with Gasteiger partial charge in [-0.2, -0.15) is 5.26 Å². The summed E-state index contributed by atoms with van der Waals surface area (Å²) < 4.78 is 17.0. The van der Waals surface area contributed by atoms with Gasteiger partial charge < -0.3 is 14.8 Å². The van der Waals surface area contributed by atoms with E-state index in [1.54, 1.807) is 49.3 Å². The fourth-order valence-corrected chi connectivity index (χ4v) is 3.39. The number of nitrogens with one attached hydrogen (secondary N) is 1. The Kier molecular flexibility index (Phi) is 3.62. The average molecular weight is 349 g/mol. The summed E-state index contributed by atoms with van der Waals surface area (Å²) in [7, 11) is 3.52. The van der Waals surface area contributed by atoms with Crippen LogP contribution in [0, 0.1) is 17.1 Å². The van der Waals surface area contributed by atoms with Gasteiger partial charge in [0.25, 0.3) is 5.91 Å². The molecule has 0 aliphatic carbocycles. The Bertz CT molecular complexity index is 1090. The molecule has 2 heterocycles. The van der Waals surface area contributed by atoms with Gasteiger partial charge in [0, 0.05) is 27.2 Å². The molecule has 26 heavy (non-hydrogen) atoms. The molecule has 3 aromatic rings. The summed E-state index contributed by atoms with van der Waals surface area (Å²) in [6.07, 6.45) is 0. The third kappa shape index (κ3) is 2.23. The maximum absolute atomic E-state index is 15.1. The van der Waals surface area contributed by atoms with Crippen LogP contribution in [0.15, 0.2) is 30.3 Å². The number of nitriles is 1. The first-order valence-electron chi connectivity index (χ1n) is 8.20. The molecule has 0 unspecified atom stereocenters. The second-order valence-electron chi connectivity index (χ2n) is 6.34. The molecule has 0 atom stereocenters. The predicted molar refractivity (Wildman–Crippen MR) is 96.5 cm³/mol. The van der Waals surface area contributed by atoms with Gasteiger partial charge in [-0.1, -0.05) is 6.07 Å². The number of imidazole rings is 1. The van der Waals surface area contributed by atoms with Crippen LogP contribution in [0.5, 0.6) is 0 Å². The number of amides is 1. The Hall–Kier alpha value is -3.40. The van der Waals surface area contributed by atoms with Gasteiger partial charge in [0.2, 0.25) is 0 Å². The lowest BCUT2D eigenvalue weighted by Gasteiger charge is -2.16. The average Bonchev–Trinajstić information content (AvgIpc) is 2.90. The number of rotatable bonds is 2. The van der Waals surface area contributed by atoms with Crippen molar-refractivity contribution in [3.63, 3.8) is 0 Å². The van der Waals surface area contributed by atoms with Gasteiger partial charge in [-0.3, -0.25) is 4.79 Å². The number of para-hydroxylation sites is 1. The molecule has 0 bridgehead atoms. The molecule has 1 aliphatic heterocycles. The first-order valence-corrected chi connectivity index (χ1v) is 8.20. The van der Waals surface area contributed by atoms with Gasteiger partial charge in [-0.25, -0.2) is 9.37 Å². The topological polar surface area (TPSA) is 74.0 Å². The molecule has 0 saturated carbocycles. The van der Waals surface area contributed by atoms with E-state index in [-0.39, 0.29) is 17.0 Å². The van der Waals surface area contributed by atoms with Gasteiger partial charge in [0.05, 0.1) is 27.8 Å². The van der Waals surface area contributed by atoms with E-state index in [0.29, 0.717) is 41.2 Å². The Morgan fingerprint density at radius 3 is 2.81 bits per heavy atom. The van der Waals surface area contributed by atoms with Crippen LogP contribution in [-0.4, -0.2) is 36.1 Å². The van der Waals surface area contributed by atoms with Crippen LogP contribution in [0.4, 0.5) is 10.1 Å². The predicted octanol–water partition coefficient (Wildman–Crippen LogP) is 2.52. The van der Waals surface area contributed by atoms with Crippen molar-refractivity contribution >= 4 is 22.6 Å². The Morgan fingerprint density at radius 1 is 1.27 bits per heavy atom. The van der Waals surface area contributed by atoms with Crippen molar-refractivity contribution in [2.45, 2.75) is 6.54 Å². The molecule has 2 aromatic carbocycles. The molecule has 0 spiro atoms. The zero-order chi connectivity index (χ0) is 18.4. The monoisotopic (exact) mass is 349 g/mol. The zero-order valence-corrected chi connectivity index (χ0v) is 14.4. The van der Waals surface area contributed by atoms with Crippen LogP contribution < -0.4 is 10.2 Å². The van der Waals surface area contributed by atoms with Gasteiger partial charge in [0.15, 0.2) is 5.82 Å². The minimum absolute atomic E-state index is 0.0181. The molecule has 1 aliphatic rings. The van der Waals surface area contributed by atoms with Crippen molar-refractivity contribution in [1.82, 2.24) is 14.9 Å². The molecule has 1 N–H and O–H groups in total. The molecule has 1 aromatic heterocycles. The standard InChI is InChI=1S/C19H16FN5O/c1-24(2)15-7-6-11(16(20)13(15)10-21)18-23-14-5-3-4-12-17(14)25(18)9-8-22-19(12)26/h3-7H,8-9H2,1-2H3,(H,22,26). The van der Waals surface area contributed by atoms with Gasteiger partial charge >= 0.3 is 0 Å². The minimum Gasteiger partial charge on any atom is -0.377 e. The van der Waals surface area contributed by atoms with Crippen molar-refractivity contribution < 1.29 is 9.18 Å². The van der Waals surface area contributed by atoms with E-state index in [4.69, 9.17) is 0 Å². The van der Waals surface area contributed by atoms with Gasteiger partial charge in [-0.05, 0) is 24.3 Å². The van der Waals surface area contributed by atoms with Gasteiger partial charge in [-0.15, -0.1) is 0 Å². The highest BCUT2D eigenvalue weighted by Crippen LogP contribution is 2.33. The molecule has 7 heteroatoms. The van der Waals surface area contributed by atoms with E-state index in [9.17, 15) is 10.1 Å². The van der Waals surface area contributed by atoms with Crippen molar-refractivity contribution in [2.24, 2.45) is 0 Å². The number of hydrogen-bond donors (Lipinski definition) is 1. The first kappa shape index (κ1) is 16.1. The smallest absolute Gasteiger partial charge is 0.253 e. The quantitative estimate of drug-likeness (QED) is 0.771. The number of benzene rings is 2. The van der Waals surface area contributed by atoms with E-state index in [0.717, 1.165) is 0 Å². The summed E-state index contributed by atoms with van der Waals surface area (Å²) in [6.45, 7) is 0.903. The summed E-state index contributed by atoms with van der Waals surface area (Å²) in [5, 5.41) is 12.3. The van der Waals surface area contributed by atoms with Crippen molar-refractivity contribution in [3.05, 3.63) is 47.3 Å². The number of hydrogen-bond acceptors (Lipinski definition) is 4. The van der Waals surface area contributed by atoms with E-state index >= 15 is 4.39 Å². The van der Waals surface area contributed by atoms with Crippen LogP contribution in [-0.2, 0) is 6.54 Å². The van der Waals surface area contributed by atoms with Crippen LogP contribution in [0.2, 0.25) is 0 Å². The third-order valence-electron chi connectivity index (χ3n) is 4.59. The molecular formula is C19H16FN5O. The fourth-order valence-electron chi connectivity index (χ4n) is 3.39. The molecule has 130 valence electrons. The first-order chi connectivity index (χ1) is 12.5. The maximum atomic E-state index is 15.1. The second kappa shape index (κ2) is 5.85. The number of carbonyl (C=O) groups is 1. The largest absolute Gasteiger partial charge is 0.377 e. The number of nitrogens with zero attached hydrogens (tertiary/aromatic N) is 4. The molecular weight excluding hydrogens is 333 g/mol. The molecule has 4 rings (SSSR count). The van der Waals surface area contributed by atoms with E-state index in [2.05, 4.69) is 10.3 Å². The van der Waals surface area contributed by atoms with Crippen LogP contribution in [0.25, 0.3) is 22.4 Å². The lowest BCUT2D eigenvalue weighted by Crippen LogP contribution is -2.24. The maximum Gasteiger partial charge on any atom is 0.253 e. The third-order valence-corrected chi connectivity index (χ3v) is 4.59. The molecule has 6 nitrogen and oxygen atoms in total. The Morgan fingerprint density at radius 2 is 2.08 bits per heavy atom. The molecule has 1 amide bonds. The fraction of sp³-hybridized carbons (Fsp3) is 0.211. The normalized spacial score (nSPS) is 13.2. The molecule has 0 radical (unpaired) electrons. The lowest BCUT2D eigenvalue weighted by atomic mass is 10.1. The van der Waals surface area contributed by atoms with Crippen LogP contribution >= 0.6 is 0 Å². The Labute approximate surface area is 149 Å². The van der Waals surface area contributed by atoms with Gasteiger partial charge in [0.1, 0.15) is 17.5 Å². The molecule has 0 fully saturated rings. The van der Waals surface area contributed by atoms with Crippen LogP contribution in [0.1, 0.15) is 15.9 Å². The van der Waals surface area contributed by atoms with E-state index in [1.165, 1.54) is 0 Å². The number of aromatic nitrogens is 2. The van der Waals surface area contributed by atoms with E-state index in [1.807, 2.05) is 10.6 Å². The van der Waals surface area contributed by atoms with E-state index < -0.39 is 5.82 Å². The van der Waals surface area contributed by atoms with Crippen molar-refractivity contribution in [1.29, 1.82) is 5.26 Å². The number of halogens is 1. The van der Waals surface area contributed by atoms with Crippen LogP contribution in [0.3, 0.4) is 0 Å².